The molecule has 0 bridgehead atoms. The Morgan fingerprint density at radius 3 is 2.88 bits per heavy atom. The fourth-order valence-electron chi connectivity index (χ4n) is 1.45. The number of nitrogens with zero attached hydrogens (tertiary/aromatic N) is 2. The molecule has 4 heteroatoms. The van der Waals surface area contributed by atoms with Crippen molar-refractivity contribution in [3.05, 3.63) is 54.2 Å². The molecule has 0 atom stereocenters. The first-order chi connectivity index (χ1) is 8.45. The van der Waals surface area contributed by atoms with E-state index in [2.05, 4.69) is 44.3 Å². The van der Waals surface area contributed by atoms with Gasteiger partial charge < -0.3 is 9.84 Å². The zero-order valence-corrected chi connectivity index (χ0v) is 9.54. The lowest BCUT2D eigenvalue weighted by Crippen LogP contribution is -2.17. The van der Waals surface area contributed by atoms with Crippen molar-refractivity contribution in [3.63, 3.8) is 0 Å². The molecule has 1 aromatic heterocycles. The molecule has 2 aromatic rings. The Labute approximate surface area is 100 Å². The van der Waals surface area contributed by atoms with Gasteiger partial charge in [-0.15, -0.1) is 0 Å². The Hall–Kier alpha value is -1.94. The van der Waals surface area contributed by atoms with Gasteiger partial charge in [0.15, 0.2) is 5.82 Å². The molecule has 0 amide bonds. The number of hydrogen-bond donors (Lipinski definition) is 1. The zero-order valence-electron chi connectivity index (χ0n) is 9.54. The van der Waals surface area contributed by atoms with Crippen LogP contribution in [0.5, 0.6) is 0 Å². The van der Waals surface area contributed by atoms with E-state index in [9.17, 15) is 0 Å². The Kier molecular flexibility index (Phi) is 4.48. The van der Waals surface area contributed by atoms with Gasteiger partial charge in [-0.25, -0.2) is 0 Å². The summed E-state index contributed by atoms with van der Waals surface area (Å²) < 4.78 is 4.65. The van der Waals surface area contributed by atoms with Crippen LogP contribution in [0.3, 0.4) is 0 Å². The third-order valence-electron chi connectivity index (χ3n) is 2.30. The SMILES string of the molecule is C(=C\c1ccccc1)/CNCCc1ncon1. The van der Waals surface area contributed by atoms with Gasteiger partial charge in [-0.1, -0.05) is 47.6 Å². The van der Waals surface area contributed by atoms with E-state index < -0.39 is 0 Å². The second-order valence-electron chi connectivity index (χ2n) is 3.61. The predicted molar refractivity (Wildman–Crippen MR) is 66.3 cm³/mol. The van der Waals surface area contributed by atoms with E-state index in [0.717, 1.165) is 25.3 Å². The van der Waals surface area contributed by atoms with Gasteiger partial charge in [0.25, 0.3) is 0 Å². The van der Waals surface area contributed by atoms with Crippen molar-refractivity contribution >= 4 is 6.08 Å². The summed E-state index contributed by atoms with van der Waals surface area (Å²) in [5.41, 5.74) is 1.22. The van der Waals surface area contributed by atoms with Crippen molar-refractivity contribution in [3.8, 4) is 0 Å². The van der Waals surface area contributed by atoms with Crippen LogP contribution in [-0.2, 0) is 6.42 Å². The average Bonchev–Trinajstić information content (AvgIpc) is 2.88. The molecule has 2 rings (SSSR count). The molecular formula is C13H15N3O. The highest BCUT2D eigenvalue weighted by atomic mass is 16.5. The fraction of sp³-hybridized carbons (Fsp3) is 0.231. The maximum atomic E-state index is 4.65. The minimum Gasteiger partial charge on any atom is -0.343 e. The smallest absolute Gasteiger partial charge is 0.213 e. The molecule has 1 N–H and O–H groups in total. The van der Waals surface area contributed by atoms with E-state index in [-0.39, 0.29) is 0 Å². The van der Waals surface area contributed by atoms with Crippen molar-refractivity contribution < 1.29 is 4.52 Å². The molecule has 0 aliphatic carbocycles. The summed E-state index contributed by atoms with van der Waals surface area (Å²) in [6, 6.07) is 10.2. The van der Waals surface area contributed by atoms with E-state index in [1.165, 1.54) is 12.0 Å². The topological polar surface area (TPSA) is 51.0 Å². The van der Waals surface area contributed by atoms with E-state index in [1.807, 2.05) is 18.2 Å². The van der Waals surface area contributed by atoms with Crippen molar-refractivity contribution in [2.45, 2.75) is 6.42 Å². The first-order valence-corrected chi connectivity index (χ1v) is 5.63. The highest BCUT2D eigenvalue weighted by Gasteiger charge is 1.95. The van der Waals surface area contributed by atoms with Crippen molar-refractivity contribution in [1.29, 1.82) is 0 Å². The number of rotatable bonds is 6. The third-order valence-corrected chi connectivity index (χ3v) is 2.30. The van der Waals surface area contributed by atoms with Crippen LogP contribution in [-0.4, -0.2) is 23.2 Å². The summed E-state index contributed by atoms with van der Waals surface area (Å²) in [7, 11) is 0. The lowest BCUT2D eigenvalue weighted by molar-refractivity contribution is 0.409. The molecule has 88 valence electrons. The van der Waals surface area contributed by atoms with Crippen LogP contribution in [0.1, 0.15) is 11.4 Å². The van der Waals surface area contributed by atoms with Gasteiger partial charge in [-0.05, 0) is 5.56 Å². The molecule has 0 unspecified atom stereocenters. The number of hydrogen-bond acceptors (Lipinski definition) is 4. The molecule has 0 radical (unpaired) electrons. The zero-order chi connectivity index (χ0) is 11.8. The van der Waals surface area contributed by atoms with Gasteiger partial charge in [-0.3, -0.25) is 0 Å². The van der Waals surface area contributed by atoms with Gasteiger partial charge >= 0.3 is 0 Å². The molecule has 0 saturated carbocycles. The average molecular weight is 229 g/mol. The van der Waals surface area contributed by atoms with E-state index >= 15 is 0 Å². The first kappa shape index (κ1) is 11.5. The molecule has 0 spiro atoms. The number of aromatic nitrogens is 2. The third kappa shape index (κ3) is 4.20. The van der Waals surface area contributed by atoms with Crippen molar-refractivity contribution in [1.82, 2.24) is 15.5 Å². The standard InChI is InChI=1S/C13H15N3O/c1-2-5-12(6-3-1)7-4-9-14-10-8-13-15-11-17-16-13/h1-7,11,14H,8-10H2/b7-4+. The predicted octanol–water partition coefficient (Wildman–Crippen LogP) is 1.92. The largest absolute Gasteiger partial charge is 0.343 e. The summed E-state index contributed by atoms with van der Waals surface area (Å²) >= 11 is 0. The van der Waals surface area contributed by atoms with E-state index in [0.29, 0.717) is 0 Å². The maximum Gasteiger partial charge on any atom is 0.213 e. The van der Waals surface area contributed by atoms with Gasteiger partial charge in [0.05, 0.1) is 0 Å². The molecule has 0 fully saturated rings. The molecule has 0 saturated heterocycles. The quantitative estimate of drug-likeness (QED) is 0.769. The lowest BCUT2D eigenvalue weighted by Gasteiger charge is -1.97. The number of nitrogens with one attached hydrogen (secondary N) is 1. The lowest BCUT2D eigenvalue weighted by atomic mass is 10.2. The fourth-order valence-corrected chi connectivity index (χ4v) is 1.45. The van der Waals surface area contributed by atoms with E-state index in [1.54, 1.807) is 0 Å². The van der Waals surface area contributed by atoms with Gasteiger partial charge in [0.2, 0.25) is 6.39 Å². The molecule has 0 aliphatic rings. The highest BCUT2D eigenvalue weighted by molar-refractivity contribution is 5.48. The molecular weight excluding hydrogens is 214 g/mol. The summed E-state index contributed by atoms with van der Waals surface area (Å²) in [6.07, 6.45) is 6.34. The van der Waals surface area contributed by atoms with Crippen LogP contribution in [0, 0.1) is 0 Å². The Morgan fingerprint density at radius 1 is 1.24 bits per heavy atom. The summed E-state index contributed by atoms with van der Waals surface area (Å²) in [5, 5.41) is 7.02. The van der Waals surface area contributed by atoms with Crippen LogP contribution >= 0.6 is 0 Å². The van der Waals surface area contributed by atoms with Crippen LogP contribution in [0.25, 0.3) is 6.08 Å². The van der Waals surface area contributed by atoms with Crippen molar-refractivity contribution in [2.75, 3.05) is 13.1 Å². The monoisotopic (exact) mass is 229 g/mol. The van der Waals surface area contributed by atoms with E-state index in [4.69, 9.17) is 0 Å². The molecule has 1 aromatic carbocycles. The Bertz CT molecular complexity index is 437. The minimum absolute atomic E-state index is 0.740. The highest BCUT2D eigenvalue weighted by Crippen LogP contribution is 1.99. The van der Waals surface area contributed by atoms with Gasteiger partial charge in [-0.2, -0.15) is 4.98 Å². The Morgan fingerprint density at radius 2 is 2.12 bits per heavy atom. The normalized spacial score (nSPS) is 11.1. The Balaban J connectivity index is 1.62. The van der Waals surface area contributed by atoms with Crippen LogP contribution in [0.4, 0.5) is 0 Å². The number of benzene rings is 1. The first-order valence-electron chi connectivity index (χ1n) is 5.63. The molecule has 1 heterocycles. The maximum absolute atomic E-state index is 4.65. The summed E-state index contributed by atoms with van der Waals surface area (Å²) in [5.74, 6) is 0.740. The van der Waals surface area contributed by atoms with Crippen molar-refractivity contribution in [2.24, 2.45) is 0 Å². The molecule has 17 heavy (non-hydrogen) atoms. The summed E-state index contributed by atoms with van der Waals surface area (Å²) in [4.78, 5) is 3.95. The second-order valence-corrected chi connectivity index (χ2v) is 3.61. The molecule has 0 aliphatic heterocycles. The second kappa shape index (κ2) is 6.60. The molecule has 4 nitrogen and oxygen atoms in total. The van der Waals surface area contributed by atoms with Crippen LogP contribution in [0.15, 0.2) is 47.3 Å². The minimum atomic E-state index is 0.740. The van der Waals surface area contributed by atoms with Crippen LogP contribution in [0.2, 0.25) is 0 Å². The van der Waals surface area contributed by atoms with Gasteiger partial charge in [0, 0.05) is 19.5 Å². The summed E-state index contributed by atoms with van der Waals surface area (Å²) in [6.45, 7) is 1.69. The van der Waals surface area contributed by atoms with Crippen LogP contribution < -0.4 is 5.32 Å². The van der Waals surface area contributed by atoms with Gasteiger partial charge in [0.1, 0.15) is 0 Å².